The van der Waals surface area contributed by atoms with Crippen molar-refractivity contribution in [2.24, 2.45) is 5.92 Å². The monoisotopic (exact) mass is 469 g/mol. The molecule has 0 radical (unpaired) electrons. The number of ether oxygens (including phenoxy) is 2. The highest BCUT2D eigenvalue weighted by Crippen LogP contribution is 2.24. The zero-order valence-electron chi connectivity index (χ0n) is 19.8. The maximum atomic E-state index is 13.2. The van der Waals surface area contributed by atoms with Gasteiger partial charge in [-0.25, -0.2) is 14.0 Å². The van der Waals surface area contributed by atoms with Crippen molar-refractivity contribution in [1.29, 1.82) is 0 Å². The number of hydrogen-bond acceptors (Lipinski definition) is 6. The molecule has 0 fully saturated rings. The number of esters is 1. The quantitative estimate of drug-likeness (QED) is 0.381. The molecule has 0 aliphatic carbocycles. The van der Waals surface area contributed by atoms with Crippen molar-refractivity contribution in [1.82, 2.24) is 5.32 Å². The highest BCUT2D eigenvalue weighted by atomic mass is 19.1. The van der Waals surface area contributed by atoms with Gasteiger partial charge in [-0.15, -0.1) is 0 Å². The van der Waals surface area contributed by atoms with Crippen LogP contribution >= 0.6 is 0 Å². The molecule has 0 aliphatic rings. The molecule has 1 heterocycles. The van der Waals surface area contributed by atoms with E-state index in [-0.39, 0.29) is 33.6 Å². The number of alkyl carbamates (subject to hydrolysis) is 1. The highest BCUT2D eigenvalue weighted by Gasteiger charge is 2.30. The lowest BCUT2D eigenvalue weighted by Gasteiger charge is -2.25. The van der Waals surface area contributed by atoms with Crippen LogP contribution in [0.15, 0.2) is 57.9 Å². The van der Waals surface area contributed by atoms with Crippen molar-refractivity contribution in [2.75, 3.05) is 0 Å². The zero-order chi connectivity index (χ0) is 25.0. The Kier molecular flexibility index (Phi) is 7.39. The maximum Gasteiger partial charge on any atom is 0.408 e. The summed E-state index contributed by atoms with van der Waals surface area (Å²) < 4.78 is 29.6. The summed E-state index contributed by atoms with van der Waals surface area (Å²) in [4.78, 5) is 38.0. The molecule has 2 aromatic carbocycles. The SMILES string of the molecule is CC[C@@H](C)[C@@H](NC(=O)OC(C)(C)C)C(=O)Oc1ccc2c(=O)c(-c3ccc(F)cc3)coc2c1. The van der Waals surface area contributed by atoms with Gasteiger partial charge in [0.15, 0.2) is 5.43 Å². The van der Waals surface area contributed by atoms with Gasteiger partial charge >= 0.3 is 12.1 Å². The van der Waals surface area contributed by atoms with E-state index in [1.54, 1.807) is 20.8 Å². The second-order valence-corrected chi connectivity index (χ2v) is 9.07. The number of fused-ring (bicyclic) bond motifs is 1. The first-order valence-corrected chi connectivity index (χ1v) is 11.0. The highest BCUT2D eigenvalue weighted by molar-refractivity contribution is 5.86. The smallest absolute Gasteiger partial charge is 0.408 e. The van der Waals surface area contributed by atoms with Crippen LogP contribution in [0, 0.1) is 11.7 Å². The molecule has 0 saturated heterocycles. The maximum absolute atomic E-state index is 13.2. The molecule has 1 aromatic heterocycles. The fraction of sp³-hybridized carbons (Fsp3) is 0.346. The Morgan fingerprint density at radius 2 is 1.79 bits per heavy atom. The van der Waals surface area contributed by atoms with Gasteiger partial charge in [-0.1, -0.05) is 32.4 Å². The predicted molar refractivity (Wildman–Crippen MR) is 126 cm³/mol. The molecular formula is C26H28FNO6. The average Bonchev–Trinajstić information content (AvgIpc) is 2.76. The Morgan fingerprint density at radius 1 is 1.12 bits per heavy atom. The number of benzene rings is 2. The van der Waals surface area contributed by atoms with E-state index >= 15 is 0 Å². The predicted octanol–water partition coefficient (Wildman–Crippen LogP) is 5.44. The summed E-state index contributed by atoms with van der Waals surface area (Å²) in [5, 5.41) is 2.87. The molecule has 180 valence electrons. The lowest BCUT2D eigenvalue weighted by Crippen LogP contribution is -2.48. The summed E-state index contributed by atoms with van der Waals surface area (Å²) in [6.45, 7) is 8.90. The van der Waals surface area contributed by atoms with Crippen LogP contribution in [-0.4, -0.2) is 23.7 Å². The summed E-state index contributed by atoms with van der Waals surface area (Å²) >= 11 is 0. The topological polar surface area (TPSA) is 94.8 Å². The van der Waals surface area contributed by atoms with Crippen molar-refractivity contribution in [2.45, 2.75) is 52.7 Å². The van der Waals surface area contributed by atoms with Gasteiger partial charge in [0.1, 0.15) is 35.1 Å². The molecule has 1 N–H and O–H groups in total. The summed E-state index contributed by atoms with van der Waals surface area (Å²) in [5.41, 5.74) is 0.0281. The summed E-state index contributed by atoms with van der Waals surface area (Å²) in [6.07, 6.45) is 1.19. The Balaban J connectivity index is 1.83. The van der Waals surface area contributed by atoms with Gasteiger partial charge in [0, 0.05) is 6.07 Å². The van der Waals surface area contributed by atoms with E-state index in [4.69, 9.17) is 13.9 Å². The first kappa shape index (κ1) is 25.0. The molecule has 0 spiro atoms. The molecular weight excluding hydrogens is 441 g/mol. The number of hydrogen-bond donors (Lipinski definition) is 1. The number of rotatable bonds is 6. The fourth-order valence-electron chi connectivity index (χ4n) is 3.28. The molecule has 34 heavy (non-hydrogen) atoms. The molecule has 8 heteroatoms. The first-order valence-electron chi connectivity index (χ1n) is 11.0. The number of halogens is 1. The van der Waals surface area contributed by atoms with E-state index < -0.39 is 29.5 Å². The van der Waals surface area contributed by atoms with Gasteiger partial charge < -0.3 is 19.2 Å². The molecule has 0 bridgehead atoms. The van der Waals surface area contributed by atoms with Crippen LogP contribution in [0.3, 0.4) is 0 Å². The second-order valence-electron chi connectivity index (χ2n) is 9.07. The van der Waals surface area contributed by atoms with Crippen LogP contribution in [-0.2, 0) is 9.53 Å². The van der Waals surface area contributed by atoms with Crippen LogP contribution in [0.4, 0.5) is 9.18 Å². The third kappa shape index (κ3) is 6.01. The number of nitrogens with one attached hydrogen (secondary N) is 1. The molecule has 1 amide bonds. The van der Waals surface area contributed by atoms with E-state index in [1.165, 1.54) is 48.7 Å². The van der Waals surface area contributed by atoms with Gasteiger partial charge in [-0.3, -0.25) is 4.79 Å². The van der Waals surface area contributed by atoms with E-state index in [0.717, 1.165) is 0 Å². The van der Waals surface area contributed by atoms with Crippen molar-refractivity contribution in [3.63, 3.8) is 0 Å². The van der Waals surface area contributed by atoms with Crippen LogP contribution in [0.5, 0.6) is 5.75 Å². The largest absolute Gasteiger partial charge is 0.463 e. The van der Waals surface area contributed by atoms with E-state index in [1.807, 2.05) is 13.8 Å². The summed E-state index contributed by atoms with van der Waals surface area (Å²) in [7, 11) is 0. The molecule has 0 unspecified atom stereocenters. The molecule has 0 saturated carbocycles. The first-order chi connectivity index (χ1) is 16.0. The summed E-state index contributed by atoms with van der Waals surface area (Å²) in [6, 6.07) is 9.00. The minimum atomic E-state index is -0.927. The van der Waals surface area contributed by atoms with E-state index in [0.29, 0.717) is 12.0 Å². The van der Waals surface area contributed by atoms with Crippen molar-refractivity contribution in [3.05, 3.63) is 64.8 Å². The third-order valence-corrected chi connectivity index (χ3v) is 5.26. The molecule has 3 rings (SSSR count). The second kappa shape index (κ2) is 10.1. The molecule has 7 nitrogen and oxygen atoms in total. The third-order valence-electron chi connectivity index (χ3n) is 5.26. The average molecular weight is 470 g/mol. The van der Waals surface area contributed by atoms with E-state index in [9.17, 15) is 18.8 Å². The lowest BCUT2D eigenvalue weighted by molar-refractivity contribution is -0.138. The lowest BCUT2D eigenvalue weighted by atomic mass is 9.99. The molecule has 0 aliphatic heterocycles. The van der Waals surface area contributed by atoms with Crippen LogP contribution in [0.25, 0.3) is 22.1 Å². The van der Waals surface area contributed by atoms with Crippen molar-refractivity contribution in [3.8, 4) is 16.9 Å². The number of carbonyl (C=O) groups is 2. The van der Waals surface area contributed by atoms with E-state index in [2.05, 4.69) is 5.32 Å². The Hall–Kier alpha value is -3.68. The van der Waals surface area contributed by atoms with Gasteiger partial charge in [-0.05, 0) is 56.5 Å². The standard InChI is InChI=1S/C26H28FNO6/c1-6-15(2)22(28-25(31)34-26(3,4)5)24(30)33-18-11-12-19-21(13-18)32-14-20(23(19)29)16-7-9-17(27)10-8-16/h7-15,22H,6H2,1-5H3,(H,28,31)/t15-,22-/m1/s1. The van der Waals surface area contributed by atoms with Crippen molar-refractivity contribution < 1.29 is 27.9 Å². The molecule has 3 aromatic rings. The van der Waals surface area contributed by atoms with Crippen LogP contribution in [0.2, 0.25) is 0 Å². The number of carbonyl (C=O) groups excluding carboxylic acids is 2. The van der Waals surface area contributed by atoms with Crippen LogP contribution < -0.4 is 15.5 Å². The van der Waals surface area contributed by atoms with Gasteiger partial charge in [0.05, 0.1) is 10.9 Å². The fourth-order valence-corrected chi connectivity index (χ4v) is 3.28. The summed E-state index contributed by atoms with van der Waals surface area (Å²) in [5.74, 6) is -1.12. The van der Waals surface area contributed by atoms with Gasteiger partial charge in [0.25, 0.3) is 0 Å². The Bertz CT molecular complexity index is 1240. The Labute approximate surface area is 196 Å². The van der Waals surface area contributed by atoms with Gasteiger partial charge in [0.2, 0.25) is 0 Å². The van der Waals surface area contributed by atoms with Gasteiger partial charge in [-0.2, -0.15) is 0 Å². The zero-order valence-corrected chi connectivity index (χ0v) is 19.8. The van der Waals surface area contributed by atoms with Crippen LogP contribution in [0.1, 0.15) is 41.0 Å². The Morgan fingerprint density at radius 3 is 2.41 bits per heavy atom. The minimum absolute atomic E-state index is 0.162. The van der Waals surface area contributed by atoms with Crippen molar-refractivity contribution >= 4 is 23.0 Å². The normalized spacial score (nSPS) is 13.2. The minimum Gasteiger partial charge on any atom is -0.463 e. The molecule has 2 atom stereocenters. The number of amides is 1.